The van der Waals surface area contributed by atoms with Crippen LogP contribution in [0.2, 0.25) is 0 Å². The predicted octanol–water partition coefficient (Wildman–Crippen LogP) is 4.74. The number of amides is 1. The van der Waals surface area contributed by atoms with Crippen molar-refractivity contribution >= 4 is 45.4 Å². The van der Waals surface area contributed by atoms with Gasteiger partial charge in [-0.05, 0) is 58.5 Å². The van der Waals surface area contributed by atoms with Crippen LogP contribution < -0.4 is 10.4 Å². The average Bonchev–Trinajstić information content (AvgIpc) is 2.98. The van der Waals surface area contributed by atoms with E-state index in [1.807, 2.05) is 12.1 Å². The molecule has 212 valence electrons. The number of alkyl halides is 1. The van der Waals surface area contributed by atoms with Crippen LogP contribution in [0.15, 0.2) is 99.3 Å². The van der Waals surface area contributed by atoms with E-state index in [0.29, 0.717) is 22.3 Å². The molecule has 1 unspecified atom stereocenters. The fourth-order valence-corrected chi connectivity index (χ4v) is 5.47. The minimum atomic E-state index is -1.29. The number of ether oxygens (including phenoxy) is 2. The number of rotatable bonds is 7. The zero-order valence-electron chi connectivity index (χ0n) is 22.0. The van der Waals surface area contributed by atoms with E-state index in [2.05, 4.69) is 22.6 Å². The SMILES string of the molecule is COC(=O)C1=C[C@H](Oc2ccccc2I)[C@@H](O)[C@H](N(CC2=CCC(F)C=C2)C(=O)c2cc3ccccc3oc2=O)C1. The number of nitrogens with zero attached hydrogens (tertiary/aromatic N) is 1. The lowest BCUT2D eigenvalue weighted by Gasteiger charge is -2.40. The Bertz CT molecular complexity index is 1630. The van der Waals surface area contributed by atoms with Crippen molar-refractivity contribution in [2.24, 2.45) is 0 Å². The molecule has 41 heavy (non-hydrogen) atoms. The smallest absolute Gasteiger partial charge is 0.349 e. The summed E-state index contributed by atoms with van der Waals surface area (Å²) in [6, 6.07) is 14.4. The molecule has 0 bridgehead atoms. The number of hydrogen-bond donors (Lipinski definition) is 1. The van der Waals surface area contributed by atoms with Crippen LogP contribution in [0.25, 0.3) is 11.0 Å². The second kappa shape index (κ2) is 12.4. The number of halogens is 2. The first-order valence-electron chi connectivity index (χ1n) is 13.0. The number of aliphatic hydroxyl groups is 1. The van der Waals surface area contributed by atoms with Gasteiger partial charge < -0.3 is 23.9 Å². The molecule has 3 aromatic rings. The van der Waals surface area contributed by atoms with E-state index >= 15 is 0 Å². The molecular formula is C31H27FINO7. The van der Waals surface area contributed by atoms with E-state index in [9.17, 15) is 23.9 Å². The van der Waals surface area contributed by atoms with Gasteiger partial charge in [0.25, 0.3) is 5.91 Å². The summed E-state index contributed by atoms with van der Waals surface area (Å²) in [5.74, 6) is -0.851. The molecule has 0 saturated carbocycles. The Kier molecular flexibility index (Phi) is 8.69. The van der Waals surface area contributed by atoms with Crippen molar-refractivity contribution in [2.75, 3.05) is 13.7 Å². The maximum absolute atomic E-state index is 14.1. The predicted molar refractivity (Wildman–Crippen MR) is 158 cm³/mol. The quantitative estimate of drug-likeness (QED) is 0.220. The maximum atomic E-state index is 14.1. The van der Waals surface area contributed by atoms with Gasteiger partial charge in [-0.2, -0.15) is 0 Å². The molecule has 1 heterocycles. The number of carbonyl (C=O) groups excluding carboxylic acids is 2. The van der Waals surface area contributed by atoms with Gasteiger partial charge in [-0.15, -0.1) is 0 Å². The lowest BCUT2D eigenvalue weighted by atomic mass is 9.87. The molecule has 10 heteroatoms. The number of esters is 1. The van der Waals surface area contributed by atoms with Crippen molar-refractivity contribution in [2.45, 2.75) is 37.3 Å². The standard InChI is InChI=1S/C31H27FINO7/c1-39-30(37)20-15-24(28(35)27(16-20)40-26-9-5-3-7-23(26)33)34(17-18-10-12-21(32)13-11-18)29(36)22-14-19-6-2-4-8-25(19)41-31(22)38/h2-12,14,16,21,24,27-28,35H,13,15,17H2,1H3/t21?,24-,27+,28+/m1/s1. The maximum Gasteiger partial charge on any atom is 0.349 e. The van der Waals surface area contributed by atoms with Gasteiger partial charge in [0, 0.05) is 30.3 Å². The van der Waals surface area contributed by atoms with Gasteiger partial charge in [0.2, 0.25) is 0 Å². The highest BCUT2D eigenvalue weighted by Crippen LogP contribution is 2.31. The second-order valence-corrected chi connectivity index (χ2v) is 10.9. The molecule has 4 atom stereocenters. The number of allylic oxidation sites excluding steroid dienone is 2. The largest absolute Gasteiger partial charge is 0.482 e. The van der Waals surface area contributed by atoms with Gasteiger partial charge in [0.1, 0.15) is 35.3 Å². The first-order chi connectivity index (χ1) is 19.7. The number of fused-ring (bicyclic) bond motifs is 1. The molecule has 2 aliphatic rings. The fourth-order valence-electron chi connectivity index (χ4n) is 4.96. The Labute approximate surface area is 248 Å². The molecule has 2 aliphatic carbocycles. The van der Waals surface area contributed by atoms with Crippen molar-refractivity contribution < 1.29 is 33.0 Å². The first-order valence-corrected chi connectivity index (χ1v) is 14.1. The Balaban J connectivity index is 1.57. The first kappa shape index (κ1) is 28.7. The minimum Gasteiger partial charge on any atom is -0.482 e. The average molecular weight is 671 g/mol. The van der Waals surface area contributed by atoms with Crippen LogP contribution in [-0.2, 0) is 9.53 Å². The molecule has 0 spiro atoms. The van der Waals surface area contributed by atoms with E-state index < -0.39 is 41.9 Å². The van der Waals surface area contributed by atoms with Crippen molar-refractivity contribution in [3.63, 3.8) is 0 Å². The van der Waals surface area contributed by atoms with Crippen LogP contribution in [0.1, 0.15) is 23.2 Å². The van der Waals surface area contributed by atoms with Crippen LogP contribution in [0.5, 0.6) is 5.75 Å². The summed E-state index contributed by atoms with van der Waals surface area (Å²) in [7, 11) is 1.24. The van der Waals surface area contributed by atoms with E-state index in [0.717, 1.165) is 3.57 Å². The molecule has 8 nitrogen and oxygen atoms in total. The van der Waals surface area contributed by atoms with E-state index in [-0.39, 0.29) is 30.5 Å². The van der Waals surface area contributed by atoms with Gasteiger partial charge in [-0.25, -0.2) is 14.0 Å². The number of para-hydroxylation sites is 2. The fraction of sp³-hybridized carbons (Fsp3) is 0.258. The molecular weight excluding hydrogens is 644 g/mol. The van der Waals surface area contributed by atoms with Crippen molar-refractivity contribution in [3.05, 3.63) is 110 Å². The highest BCUT2D eigenvalue weighted by molar-refractivity contribution is 14.1. The van der Waals surface area contributed by atoms with E-state index in [1.165, 1.54) is 30.2 Å². The highest BCUT2D eigenvalue weighted by atomic mass is 127. The van der Waals surface area contributed by atoms with Crippen LogP contribution in [0, 0.1) is 3.57 Å². The number of carbonyl (C=O) groups is 2. The summed E-state index contributed by atoms with van der Waals surface area (Å²) >= 11 is 2.10. The van der Waals surface area contributed by atoms with Crippen molar-refractivity contribution in [1.82, 2.24) is 4.90 Å². The Morgan fingerprint density at radius 2 is 1.93 bits per heavy atom. The monoisotopic (exact) mass is 671 g/mol. The third-order valence-electron chi connectivity index (χ3n) is 7.08. The molecule has 2 aromatic carbocycles. The Morgan fingerprint density at radius 1 is 1.17 bits per heavy atom. The van der Waals surface area contributed by atoms with Crippen molar-refractivity contribution in [1.29, 1.82) is 0 Å². The number of methoxy groups -OCH3 is 1. The van der Waals surface area contributed by atoms with Gasteiger partial charge >= 0.3 is 11.6 Å². The highest BCUT2D eigenvalue weighted by Gasteiger charge is 2.42. The summed E-state index contributed by atoms with van der Waals surface area (Å²) in [4.78, 5) is 41.1. The molecule has 0 aliphatic heterocycles. The normalized spacial score (nSPS) is 22.0. The summed E-state index contributed by atoms with van der Waals surface area (Å²) in [6.45, 7) is -0.0555. The summed E-state index contributed by atoms with van der Waals surface area (Å²) < 4.78 is 31.1. The molecule has 1 aromatic heterocycles. The lowest BCUT2D eigenvalue weighted by molar-refractivity contribution is -0.137. The Hall–Kier alpha value is -3.77. The van der Waals surface area contributed by atoms with Crippen LogP contribution in [0.4, 0.5) is 4.39 Å². The summed E-state index contributed by atoms with van der Waals surface area (Å²) in [5, 5.41) is 12.2. The van der Waals surface area contributed by atoms with Gasteiger partial charge in [0.15, 0.2) is 0 Å². The zero-order valence-corrected chi connectivity index (χ0v) is 24.2. The number of hydrogen-bond acceptors (Lipinski definition) is 7. The third kappa shape index (κ3) is 6.28. The van der Waals surface area contributed by atoms with Crippen molar-refractivity contribution in [3.8, 4) is 5.75 Å². The van der Waals surface area contributed by atoms with Crippen LogP contribution >= 0.6 is 22.6 Å². The molecule has 0 radical (unpaired) electrons. The summed E-state index contributed by atoms with van der Waals surface area (Å²) in [5.41, 5.74) is 0.0836. The molecule has 5 rings (SSSR count). The van der Waals surface area contributed by atoms with E-state index in [1.54, 1.807) is 48.6 Å². The molecule has 0 fully saturated rings. The Morgan fingerprint density at radius 3 is 2.66 bits per heavy atom. The summed E-state index contributed by atoms with van der Waals surface area (Å²) in [6.07, 6.45) is 2.74. The third-order valence-corrected chi connectivity index (χ3v) is 7.97. The second-order valence-electron chi connectivity index (χ2n) is 9.77. The topological polar surface area (TPSA) is 106 Å². The van der Waals surface area contributed by atoms with Gasteiger partial charge in [-0.3, -0.25) is 4.79 Å². The molecule has 0 saturated heterocycles. The molecule has 1 amide bonds. The lowest BCUT2D eigenvalue weighted by Crippen LogP contribution is -2.55. The van der Waals surface area contributed by atoms with Crippen LogP contribution in [-0.4, -0.2) is 60.0 Å². The molecule has 1 N–H and O–H groups in total. The zero-order chi connectivity index (χ0) is 29.1. The number of benzene rings is 2. The van der Waals surface area contributed by atoms with Gasteiger partial charge in [-0.1, -0.05) is 48.6 Å². The van der Waals surface area contributed by atoms with E-state index in [4.69, 9.17) is 13.9 Å². The minimum absolute atomic E-state index is 0.0555. The number of aliphatic hydroxyl groups excluding tert-OH is 1. The van der Waals surface area contributed by atoms with Crippen LogP contribution in [0.3, 0.4) is 0 Å². The van der Waals surface area contributed by atoms with Gasteiger partial charge in [0.05, 0.1) is 16.7 Å².